The molecule has 0 aliphatic carbocycles. The lowest BCUT2D eigenvalue weighted by Gasteiger charge is -1.94. The highest BCUT2D eigenvalue weighted by Crippen LogP contribution is 2.21. The normalized spacial score (nSPS) is 10.5. The molecule has 0 atom stereocenters. The molecule has 0 saturated heterocycles. The van der Waals surface area contributed by atoms with Gasteiger partial charge in [0.1, 0.15) is 5.01 Å². The fourth-order valence-corrected chi connectivity index (χ4v) is 2.14. The maximum atomic E-state index is 5.46. The standard InChI is InChI=1S/C11H13N3S/c12-6-3-4-9-8-15-11(14-9)10-5-1-2-7-13-10/h1-2,5,7-8H,3-4,6,12H2. The number of aromatic nitrogens is 2. The van der Waals surface area contributed by atoms with Crippen molar-refractivity contribution in [1.82, 2.24) is 9.97 Å². The molecule has 0 aromatic carbocycles. The zero-order valence-corrected chi connectivity index (χ0v) is 9.20. The van der Waals surface area contributed by atoms with Crippen molar-refractivity contribution in [1.29, 1.82) is 0 Å². The number of hydrogen-bond acceptors (Lipinski definition) is 4. The maximum Gasteiger partial charge on any atom is 0.142 e. The Labute approximate surface area is 93.0 Å². The first-order valence-corrected chi connectivity index (χ1v) is 5.84. The minimum atomic E-state index is 0.719. The number of rotatable bonds is 4. The van der Waals surface area contributed by atoms with Crippen molar-refractivity contribution < 1.29 is 0 Å². The number of thiazole rings is 1. The first-order valence-electron chi connectivity index (χ1n) is 4.96. The van der Waals surface area contributed by atoms with E-state index in [2.05, 4.69) is 15.3 Å². The molecule has 3 nitrogen and oxygen atoms in total. The van der Waals surface area contributed by atoms with Gasteiger partial charge in [0.25, 0.3) is 0 Å². The van der Waals surface area contributed by atoms with Crippen LogP contribution in [-0.4, -0.2) is 16.5 Å². The summed E-state index contributed by atoms with van der Waals surface area (Å²) in [5, 5.41) is 3.07. The summed E-state index contributed by atoms with van der Waals surface area (Å²) in [7, 11) is 0. The molecule has 2 aromatic heterocycles. The molecule has 0 unspecified atom stereocenters. The van der Waals surface area contributed by atoms with Gasteiger partial charge in [0.05, 0.1) is 11.4 Å². The SMILES string of the molecule is NCCCc1csc(-c2ccccn2)n1. The summed E-state index contributed by atoms with van der Waals surface area (Å²) in [4.78, 5) is 8.78. The molecule has 0 saturated carbocycles. The predicted molar refractivity (Wildman–Crippen MR) is 62.7 cm³/mol. The molecule has 78 valence electrons. The molecule has 0 aliphatic rings. The Morgan fingerprint density at radius 2 is 2.27 bits per heavy atom. The predicted octanol–water partition coefficient (Wildman–Crippen LogP) is 2.10. The molecule has 2 rings (SSSR count). The molecule has 0 amide bonds. The van der Waals surface area contributed by atoms with Gasteiger partial charge in [-0.3, -0.25) is 4.98 Å². The molecule has 2 aromatic rings. The first-order chi connectivity index (χ1) is 7.40. The van der Waals surface area contributed by atoms with Crippen molar-refractivity contribution in [2.45, 2.75) is 12.8 Å². The number of nitrogens with zero attached hydrogens (tertiary/aromatic N) is 2. The largest absolute Gasteiger partial charge is 0.330 e. The summed E-state index contributed by atoms with van der Waals surface area (Å²) in [6.45, 7) is 0.719. The third-order valence-corrected chi connectivity index (χ3v) is 2.99. The van der Waals surface area contributed by atoms with Crippen LogP contribution in [0, 0.1) is 0 Å². The average Bonchev–Trinajstić information content (AvgIpc) is 2.76. The van der Waals surface area contributed by atoms with Crippen LogP contribution in [0.5, 0.6) is 0 Å². The van der Waals surface area contributed by atoms with Crippen molar-refractivity contribution in [2.24, 2.45) is 5.73 Å². The minimum Gasteiger partial charge on any atom is -0.330 e. The number of hydrogen-bond donors (Lipinski definition) is 1. The summed E-state index contributed by atoms with van der Waals surface area (Å²) in [6.07, 6.45) is 3.74. The molecule has 0 bridgehead atoms. The van der Waals surface area contributed by atoms with Crippen molar-refractivity contribution in [3.63, 3.8) is 0 Å². The fraction of sp³-hybridized carbons (Fsp3) is 0.273. The Hall–Kier alpha value is -1.26. The smallest absolute Gasteiger partial charge is 0.142 e. The van der Waals surface area contributed by atoms with E-state index in [4.69, 9.17) is 5.73 Å². The van der Waals surface area contributed by atoms with Crippen LogP contribution < -0.4 is 5.73 Å². The number of nitrogens with two attached hydrogens (primary N) is 1. The molecule has 0 fully saturated rings. The second-order valence-electron chi connectivity index (χ2n) is 3.25. The Kier molecular flexibility index (Phi) is 3.42. The van der Waals surface area contributed by atoms with E-state index in [1.54, 1.807) is 17.5 Å². The lowest BCUT2D eigenvalue weighted by Crippen LogP contribution is -2.00. The van der Waals surface area contributed by atoms with Crippen molar-refractivity contribution in [3.8, 4) is 10.7 Å². The van der Waals surface area contributed by atoms with E-state index in [1.807, 2.05) is 18.2 Å². The second kappa shape index (κ2) is 5.00. The molecular weight excluding hydrogens is 206 g/mol. The lowest BCUT2D eigenvalue weighted by molar-refractivity contribution is 0.816. The average molecular weight is 219 g/mol. The zero-order valence-electron chi connectivity index (χ0n) is 8.39. The van der Waals surface area contributed by atoms with Crippen LogP contribution in [0.4, 0.5) is 0 Å². The van der Waals surface area contributed by atoms with Crippen molar-refractivity contribution in [3.05, 3.63) is 35.5 Å². The summed E-state index contributed by atoms with van der Waals surface area (Å²) < 4.78 is 0. The van der Waals surface area contributed by atoms with Gasteiger partial charge in [-0.2, -0.15) is 0 Å². The summed E-state index contributed by atoms with van der Waals surface area (Å²) in [5.74, 6) is 0. The van der Waals surface area contributed by atoms with Crippen molar-refractivity contribution in [2.75, 3.05) is 6.54 Å². The minimum absolute atomic E-state index is 0.719. The van der Waals surface area contributed by atoms with Gasteiger partial charge in [-0.05, 0) is 31.5 Å². The molecule has 4 heteroatoms. The molecular formula is C11H13N3S. The van der Waals surface area contributed by atoms with Crippen molar-refractivity contribution >= 4 is 11.3 Å². The van der Waals surface area contributed by atoms with E-state index >= 15 is 0 Å². The van der Waals surface area contributed by atoms with Crippen LogP contribution in [0.25, 0.3) is 10.7 Å². The highest BCUT2D eigenvalue weighted by molar-refractivity contribution is 7.13. The van der Waals surface area contributed by atoms with E-state index < -0.39 is 0 Å². The first kappa shape index (κ1) is 10.3. The lowest BCUT2D eigenvalue weighted by atomic mass is 10.2. The van der Waals surface area contributed by atoms with Gasteiger partial charge in [0.2, 0.25) is 0 Å². The quantitative estimate of drug-likeness (QED) is 0.856. The van der Waals surface area contributed by atoms with E-state index in [0.717, 1.165) is 35.8 Å². The van der Waals surface area contributed by atoms with Gasteiger partial charge in [-0.1, -0.05) is 6.07 Å². The van der Waals surface area contributed by atoms with E-state index in [-0.39, 0.29) is 0 Å². The van der Waals surface area contributed by atoms with Crippen LogP contribution in [0.15, 0.2) is 29.8 Å². The van der Waals surface area contributed by atoms with Gasteiger partial charge < -0.3 is 5.73 Å². The van der Waals surface area contributed by atoms with Crippen LogP contribution >= 0.6 is 11.3 Å². The van der Waals surface area contributed by atoms with Crippen LogP contribution in [0.2, 0.25) is 0 Å². The van der Waals surface area contributed by atoms with Crippen LogP contribution in [0.1, 0.15) is 12.1 Å². The highest BCUT2D eigenvalue weighted by Gasteiger charge is 2.04. The summed E-state index contributed by atoms with van der Waals surface area (Å²) in [6, 6.07) is 5.86. The third kappa shape index (κ3) is 2.61. The molecule has 0 radical (unpaired) electrons. The molecule has 0 aliphatic heterocycles. The van der Waals surface area contributed by atoms with Gasteiger partial charge in [0, 0.05) is 11.6 Å². The molecule has 2 heterocycles. The summed E-state index contributed by atoms with van der Waals surface area (Å²) >= 11 is 1.64. The topological polar surface area (TPSA) is 51.8 Å². The number of aryl methyl sites for hydroxylation is 1. The Bertz CT molecular complexity index is 411. The van der Waals surface area contributed by atoms with Gasteiger partial charge in [-0.25, -0.2) is 4.98 Å². The Morgan fingerprint density at radius 1 is 1.33 bits per heavy atom. The Balaban J connectivity index is 2.14. The third-order valence-electron chi connectivity index (χ3n) is 2.07. The number of pyridine rings is 1. The Morgan fingerprint density at radius 3 is 3.00 bits per heavy atom. The molecule has 2 N–H and O–H groups in total. The monoisotopic (exact) mass is 219 g/mol. The maximum absolute atomic E-state index is 5.46. The highest BCUT2D eigenvalue weighted by atomic mass is 32.1. The molecule has 15 heavy (non-hydrogen) atoms. The van der Waals surface area contributed by atoms with Gasteiger partial charge in [0.15, 0.2) is 0 Å². The van der Waals surface area contributed by atoms with E-state index in [9.17, 15) is 0 Å². The van der Waals surface area contributed by atoms with Gasteiger partial charge >= 0.3 is 0 Å². The van der Waals surface area contributed by atoms with Gasteiger partial charge in [-0.15, -0.1) is 11.3 Å². The fourth-order valence-electron chi connectivity index (χ4n) is 1.31. The van der Waals surface area contributed by atoms with Crippen LogP contribution in [-0.2, 0) is 6.42 Å². The van der Waals surface area contributed by atoms with E-state index in [0.29, 0.717) is 0 Å². The van der Waals surface area contributed by atoms with Crippen LogP contribution in [0.3, 0.4) is 0 Å². The second-order valence-corrected chi connectivity index (χ2v) is 4.11. The van der Waals surface area contributed by atoms with E-state index in [1.165, 1.54) is 0 Å². The summed E-state index contributed by atoms with van der Waals surface area (Å²) in [5.41, 5.74) is 7.52. The zero-order chi connectivity index (χ0) is 10.5. The molecule has 0 spiro atoms.